The van der Waals surface area contributed by atoms with Crippen molar-refractivity contribution in [2.45, 2.75) is 44.6 Å². The van der Waals surface area contributed by atoms with E-state index in [9.17, 15) is 9.90 Å². The SMILES string of the molecule is CCCOc1ccccc1C1(O)CCC(=O)CC1. The van der Waals surface area contributed by atoms with Gasteiger partial charge in [-0.1, -0.05) is 25.1 Å². The van der Waals surface area contributed by atoms with Gasteiger partial charge in [0.15, 0.2) is 0 Å². The van der Waals surface area contributed by atoms with Crippen molar-refractivity contribution in [3.8, 4) is 5.75 Å². The highest BCUT2D eigenvalue weighted by Gasteiger charge is 2.36. The number of hydrogen-bond donors (Lipinski definition) is 1. The predicted octanol–water partition coefficient (Wildman–Crippen LogP) is 2.81. The molecule has 1 aromatic rings. The van der Waals surface area contributed by atoms with Crippen LogP contribution in [0.15, 0.2) is 24.3 Å². The second kappa shape index (κ2) is 5.53. The first-order valence-corrected chi connectivity index (χ1v) is 6.62. The van der Waals surface area contributed by atoms with E-state index in [1.54, 1.807) is 0 Å². The van der Waals surface area contributed by atoms with Crippen molar-refractivity contribution in [1.82, 2.24) is 0 Å². The number of ether oxygens (including phenoxy) is 1. The first-order chi connectivity index (χ1) is 8.65. The van der Waals surface area contributed by atoms with Gasteiger partial charge < -0.3 is 9.84 Å². The highest BCUT2D eigenvalue weighted by atomic mass is 16.5. The van der Waals surface area contributed by atoms with Gasteiger partial charge in [-0.3, -0.25) is 4.79 Å². The fraction of sp³-hybridized carbons (Fsp3) is 0.533. The van der Waals surface area contributed by atoms with E-state index in [2.05, 4.69) is 6.92 Å². The smallest absolute Gasteiger partial charge is 0.133 e. The zero-order valence-electron chi connectivity index (χ0n) is 10.8. The fourth-order valence-electron chi connectivity index (χ4n) is 2.40. The lowest BCUT2D eigenvalue weighted by Crippen LogP contribution is -2.32. The van der Waals surface area contributed by atoms with E-state index in [4.69, 9.17) is 4.74 Å². The van der Waals surface area contributed by atoms with Crippen molar-refractivity contribution in [2.75, 3.05) is 6.61 Å². The Kier molecular flexibility index (Phi) is 4.02. The minimum atomic E-state index is -0.905. The second-order valence-electron chi connectivity index (χ2n) is 4.91. The van der Waals surface area contributed by atoms with Crippen LogP contribution in [0.1, 0.15) is 44.6 Å². The third-order valence-electron chi connectivity index (χ3n) is 3.48. The third-order valence-corrected chi connectivity index (χ3v) is 3.48. The molecule has 0 aromatic heterocycles. The topological polar surface area (TPSA) is 46.5 Å². The molecule has 98 valence electrons. The van der Waals surface area contributed by atoms with Crippen LogP contribution in [0.2, 0.25) is 0 Å². The highest BCUT2D eigenvalue weighted by molar-refractivity contribution is 5.79. The molecule has 1 aromatic carbocycles. The number of para-hydroxylation sites is 1. The van der Waals surface area contributed by atoms with Gasteiger partial charge in [-0.05, 0) is 25.3 Å². The Morgan fingerprint density at radius 3 is 2.61 bits per heavy atom. The number of benzene rings is 1. The molecule has 3 nitrogen and oxygen atoms in total. The molecule has 1 aliphatic rings. The predicted molar refractivity (Wildman–Crippen MR) is 69.6 cm³/mol. The van der Waals surface area contributed by atoms with Crippen LogP contribution in [0.25, 0.3) is 0 Å². The Balaban J connectivity index is 2.23. The summed E-state index contributed by atoms with van der Waals surface area (Å²) in [5, 5.41) is 10.7. The van der Waals surface area contributed by atoms with Gasteiger partial charge in [-0.15, -0.1) is 0 Å². The van der Waals surface area contributed by atoms with Crippen molar-refractivity contribution in [3.63, 3.8) is 0 Å². The lowest BCUT2D eigenvalue weighted by atomic mass is 9.79. The lowest BCUT2D eigenvalue weighted by Gasteiger charge is -2.33. The Morgan fingerprint density at radius 1 is 1.28 bits per heavy atom. The Hall–Kier alpha value is -1.35. The van der Waals surface area contributed by atoms with Crippen LogP contribution in [0.4, 0.5) is 0 Å². The van der Waals surface area contributed by atoms with Crippen molar-refractivity contribution in [2.24, 2.45) is 0 Å². The molecule has 0 unspecified atom stereocenters. The van der Waals surface area contributed by atoms with E-state index in [1.165, 1.54) is 0 Å². The zero-order chi connectivity index (χ0) is 13.0. The highest BCUT2D eigenvalue weighted by Crippen LogP contribution is 2.40. The number of aliphatic hydroxyl groups is 1. The van der Waals surface area contributed by atoms with Crippen LogP contribution in [0.5, 0.6) is 5.75 Å². The summed E-state index contributed by atoms with van der Waals surface area (Å²) >= 11 is 0. The first-order valence-electron chi connectivity index (χ1n) is 6.62. The summed E-state index contributed by atoms with van der Waals surface area (Å²) in [6.45, 7) is 2.70. The molecule has 0 spiro atoms. The molecule has 2 rings (SSSR count). The third kappa shape index (κ3) is 2.72. The van der Waals surface area contributed by atoms with E-state index in [0.717, 1.165) is 17.7 Å². The molecule has 0 atom stereocenters. The van der Waals surface area contributed by atoms with Gasteiger partial charge >= 0.3 is 0 Å². The normalized spacial score (nSPS) is 18.7. The number of hydrogen-bond acceptors (Lipinski definition) is 3. The first kappa shape index (κ1) is 13.1. The Bertz CT molecular complexity index is 416. The van der Waals surface area contributed by atoms with Crippen molar-refractivity contribution in [3.05, 3.63) is 29.8 Å². The van der Waals surface area contributed by atoms with Crippen molar-refractivity contribution in [1.29, 1.82) is 0 Å². The molecule has 0 bridgehead atoms. The van der Waals surface area contributed by atoms with Gasteiger partial charge in [0, 0.05) is 18.4 Å². The van der Waals surface area contributed by atoms with Gasteiger partial charge in [-0.25, -0.2) is 0 Å². The Labute approximate surface area is 108 Å². The molecule has 1 fully saturated rings. The van der Waals surface area contributed by atoms with Gasteiger partial charge in [-0.2, -0.15) is 0 Å². The molecule has 0 aliphatic heterocycles. The van der Waals surface area contributed by atoms with E-state index in [-0.39, 0.29) is 5.78 Å². The van der Waals surface area contributed by atoms with Crippen molar-refractivity contribution >= 4 is 5.78 Å². The van der Waals surface area contributed by atoms with Crippen molar-refractivity contribution < 1.29 is 14.6 Å². The van der Waals surface area contributed by atoms with E-state index in [1.807, 2.05) is 24.3 Å². The summed E-state index contributed by atoms with van der Waals surface area (Å²) in [5.74, 6) is 0.989. The summed E-state index contributed by atoms with van der Waals surface area (Å²) in [4.78, 5) is 11.3. The standard InChI is InChI=1S/C15H20O3/c1-2-11-18-14-6-4-3-5-13(14)15(17)9-7-12(16)8-10-15/h3-6,17H,2,7-11H2,1H3. The molecule has 1 N–H and O–H groups in total. The average Bonchev–Trinajstić information content (AvgIpc) is 2.40. The number of rotatable bonds is 4. The maximum Gasteiger partial charge on any atom is 0.133 e. The molecule has 1 saturated carbocycles. The van der Waals surface area contributed by atoms with Gasteiger partial charge in [0.1, 0.15) is 11.5 Å². The molecule has 0 saturated heterocycles. The molecule has 0 amide bonds. The Morgan fingerprint density at radius 2 is 1.94 bits per heavy atom. The van der Waals surface area contributed by atoms with Crippen LogP contribution in [-0.4, -0.2) is 17.5 Å². The van der Waals surface area contributed by atoms with Gasteiger partial charge in [0.05, 0.1) is 12.2 Å². The van der Waals surface area contributed by atoms with Gasteiger partial charge in [0.2, 0.25) is 0 Å². The van der Waals surface area contributed by atoms with Crippen LogP contribution in [0.3, 0.4) is 0 Å². The summed E-state index contributed by atoms with van der Waals surface area (Å²) < 4.78 is 5.69. The number of carbonyl (C=O) groups is 1. The molecule has 0 heterocycles. The van der Waals surface area contributed by atoms with E-state index < -0.39 is 5.60 Å². The minimum absolute atomic E-state index is 0.242. The fourth-order valence-corrected chi connectivity index (χ4v) is 2.40. The molecule has 3 heteroatoms. The second-order valence-corrected chi connectivity index (χ2v) is 4.91. The van der Waals surface area contributed by atoms with Crippen LogP contribution >= 0.6 is 0 Å². The quantitative estimate of drug-likeness (QED) is 0.891. The maximum atomic E-state index is 11.3. The van der Waals surface area contributed by atoms with Crippen LogP contribution < -0.4 is 4.74 Å². The average molecular weight is 248 g/mol. The summed E-state index contributed by atoms with van der Waals surface area (Å²) in [6.07, 6.45) is 2.85. The van der Waals surface area contributed by atoms with E-state index in [0.29, 0.717) is 32.3 Å². The van der Waals surface area contributed by atoms with Crippen LogP contribution in [0, 0.1) is 0 Å². The molecular formula is C15H20O3. The summed E-state index contributed by atoms with van der Waals surface area (Å²) in [5.41, 5.74) is -0.0796. The largest absolute Gasteiger partial charge is 0.493 e. The molecule has 18 heavy (non-hydrogen) atoms. The minimum Gasteiger partial charge on any atom is -0.493 e. The maximum absolute atomic E-state index is 11.3. The summed E-state index contributed by atoms with van der Waals surface area (Å²) in [6, 6.07) is 7.61. The lowest BCUT2D eigenvalue weighted by molar-refractivity contribution is -0.125. The molecule has 1 aliphatic carbocycles. The number of Topliss-reactive ketones (excluding diaryl/α,β-unsaturated/α-hetero) is 1. The van der Waals surface area contributed by atoms with Gasteiger partial charge in [0.25, 0.3) is 0 Å². The number of carbonyl (C=O) groups excluding carboxylic acids is 1. The molecular weight excluding hydrogens is 228 g/mol. The monoisotopic (exact) mass is 248 g/mol. The number of ketones is 1. The summed E-state index contributed by atoms with van der Waals surface area (Å²) in [7, 11) is 0. The zero-order valence-corrected chi connectivity index (χ0v) is 10.8. The van der Waals surface area contributed by atoms with Crippen LogP contribution in [-0.2, 0) is 10.4 Å². The molecule has 0 radical (unpaired) electrons. The van der Waals surface area contributed by atoms with E-state index >= 15 is 0 Å².